The van der Waals surface area contributed by atoms with E-state index >= 15 is 0 Å². The Kier molecular flexibility index (Phi) is 5.94. The van der Waals surface area contributed by atoms with Gasteiger partial charge in [0.05, 0.1) is 36.3 Å². The van der Waals surface area contributed by atoms with Crippen LogP contribution in [0.15, 0.2) is 94.0 Å². The topological polar surface area (TPSA) is 103 Å². The molecule has 0 unspecified atom stereocenters. The smallest absolute Gasteiger partial charge is 0.269 e. The molecule has 0 saturated carbocycles. The molecule has 146 valence electrons. The normalized spacial score (nSPS) is 15.5. The molecule has 3 rings (SSSR count). The van der Waals surface area contributed by atoms with Gasteiger partial charge in [0, 0.05) is 23.9 Å². The predicted octanol–water partition coefficient (Wildman–Crippen LogP) is 3.76. The minimum atomic E-state index is -0.452. The number of hydrogen-bond donors (Lipinski definition) is 0. The van der Waals surface area contributed by atoms with Gasteiger partial charge in [0.1, 0.15) is 0 Å². The maximum atomic E-state index is 12.0. The molecule has 0 aromatic heterocycles. The Morgan fingerprint density at radius 3 is 2.00 bits per heavy atom. The molecule has 0 radical (unpaired) electrons. The van der Waals surface area contributed by atoms with E-state index in [1.807, 2.05) is 0 Å². The summed E-state index contributed by atoms with van der Waals surface area (Å²) < 4.78 is 10.1. The molecule has 2 aliphatic rings. The largest absolute Gasteiger partial charge is 0.492 e. The molecule has 0 amide bonds. The standard InChI is InChI=1S/C21H17N3O5/c1-28-19-11-14(12-20(29-2)21(19)25)13-22-15-3-5-16(6-4-15)23-17-7-9-18(10-8-17)24(26)27/h3-13H,1-2H3. The SMILES string of the molecule is COC1=CC(=CN=C2C=CC(=Nc3ccc([N+](=O)[O-])cc3)C=C2)C=C(OC)C1=O. The van der Waals surface area contributed by atoms with Crippen LogP contribution in [0, 0.1) is 10.1 Å². The molecule has 29 heavy (non-hydrogen) atoms. The molecule has 1 aromatic carbocycles. The summed E-state index contributed by atoms with van der Waals surface area (Å²) in [6.07, 6.45) is 11.9. The Labute approximate surface area is 166 Å². The fourth-order valence-electron chi connectivity index (χ4n) is 2.53. The van der Waals surface area contributed by atoms with Gasteiger partial charge in [0.15, 0.2) is 11.5 Å². The van der Waals surface area contributed by atoms with E-state index in [-0.39, 0.29) is 23.0 Å². The number of ketones is 1. The number of Topliss-reactive ketones (excluding diaryl/α,β-unsaturated/α-hetero) is 1. The molecule has 0 aliphatic heterocycles. The molecule has 2 aliphatic carbocycles. The van der Waals surface area contributed by atoms with Crippen molar-refractivity contribution >= 4 is 28.6 Å². The molecule has 0 fully saturated rings. The first-order valence-corrected chi connectivity index (χ1v) is 8.53. The number of nitro benzene ring substituents is 1. The van der Waals surface area contributed by atoms with Crippen molar-refractivity contribution in [3.8, 4) is 0 Å². The van der Waals surface area contributed by atoms with Crippen molar-refractivity contribution in [2.24, 2.45) is 9.98 Å². The molecule has 1 aromatic rings. The zero-order chi connectivity index (χ0) is 20.8. The van der Waals surface area contributed by atoms with Crippen molar-refractivity contribution in [3.63, 3.8) is 0 Å². The van der Waals surface area contributed by atoms with Crippen LogP contribution in [0.3, 0.4) is 0 Å². The molecule has 0 heterocycles. The van der Waals surface area contributed by atoms with E-state index in [1.165, 1.54) is 26.4 Å². The van der Waals surface area contributed by atoms with Gasteiger partial charge in [-0.25, -0.2) is 4.99 Å². The van der Waals surface area contributed by atoms with Crippen molar-refractivity contribution in [2.45, 2.75) is 0 Å². The molecule has 0 atom stereocenters. The second-order valence-corrected chi connectivity index (χ2v) is 5.91. The number of hydrogen-bond acceptors (Lipinski definition) is 7. The number of carbonyl (C=O) groups excluding carboxylic acids is 1. The minimum Gasteiger partial charge on any atom is -0.492 e. The molecule has 8 nitrogen and oxygen atoms in total. The van der Waals surface area contributed by atoms with E-state index in [1.54, 1.807) is 54.8 Å². The zero-order valence-corrected chi connectivity index (χ0v) is 15.7. The highest BCUT2D eigenvalue weighted by molar-refractivity contribution is 6.19. The van der Waals surface area contributed by atoms with Gasteiger partial charge in [0.2, 0.25) is 0 Å². The average molecular weight is 391 g/mol. The first-order chi connectivity index (χ1) is 14.0. The summed E-state index contributed by atoms with van der Waals surface area (Å²) in [6, 6.07) is 6.00. The lowest BCUT2D eigenvalue weighted by Gasteiger charge is -2.13. The third-order valence-corrected chi connectivity index (χ3v) is 4.01. The van der Waals surface area contributed by atoms with Crippen molar-refractivity contribution in [2.75, 3.05) is 14.2 Å². The van der Waals surface area contributed by atoms with E-state index in [0.717, 1.165) is 0 Å². The number of aliphatic imine (C=N–C) groups is 2. The fourth-order valence-corrected chi connectivity index (χ4v) is 2.53. The number of non-ortho nitro benzene ring substituents is 1. The lowest BCUT2D eigenvalue weighted by molar-refractivity contribution is -0.384. The van der Waals surface area contributed by atoms with Crippen LogP contribution in [0.25, 0.3) is 0 Å². The van der Waals surface area contributed by atoms with Crippen LogP contribution in [0.4, 0.5) is 11.4 Å². The molecule has 8 heteroatoms. The third kappa shape index (κ3) is 4.81. The van der Waals surface area contributed by atoms with E-state index in [9.17, 15) is 14.9 Å². The summed E-state index contributed by atoms with van der Waals surface area (Å²) in [5, 5.41) is 10.7. The van der Waals surface area contributed by atoms with Gasteiger partial charge in [-0.15, -0.1) is 0 Å². The lowest BCUT2D eigenvalue weighted by atomic mass is 10.1. The highest BCUT2D eigenvalue weighted by Crippen LogP contribution is 2.21. The molecule has 0 saturated heterocycles. The van der Waals surface area contributed by atoms with Gasteiger partial charge in [-0.2, -0.15) is 0 Å². The Balaban J connectivity index is 1.74. The quantitative estimate of drug-likeness (QED) is 0.432. The van der Waals surface area contributed by atoms with Crippen molar-refractivity contribution in [1.82, 2.24) is 0 Å². The Morgan fingerprint density at radius 1 is 0.931 bits per heavy atom. The van der Waals surface area contributed by atoms with Gasteiger partial charge >= 0.3 is 0 Å². The van der Waals surface area contributed by atoms with E-state index in [4.69, 9.17) is 9.47 Å². The van der Waals surface area contributed by atoms with E-state index < -0.39 is 4.92 Å². The predicted molar refractivity (Wildman–Crippen MR) is 109 cm³/mol. The second kappa shape index (κ2) is 8.75. The number of ether oxygens (including phenoxy) is 2. The molecular formula is C21H17N3O5. The first kappa shape index (κ1) is 19.7. The van der Waals surface area contributed by atoms with Crippen molar-refractivity contribution in [3.05, 3.63) is 94.1 Å². The lowest BCUT2D eigenvalue weighted by Crippen LogP contribution is -2.13. The highest BCUT2D eigenvalue weighted by Gasteiger charge is 2.21. The van der Waals surface area contributed by atoms with Crippen LogP contribution >= 0.6 is 0 Å². The monoisotopic (exact) mass is 391 g/mol. The fraction of sp³-hybridized carbons (Fsp3) is 0.0952. The summed E-state index contributed by atoms with van der Waals surface area (Å²) in [6.45, 7) is 0. The van der Waals surface area contributed by atoms with Crippen molar-refractivity contribution in [1.29, 1.82) is 0 Å². The number of nitrogens with zero attached hydrogens (tertiary/aromatic N) is 3. The average Bonchev–Trinajstić information content (AvgIpc) is 2.74. The Morgan fingerprint density at radius 2 is 1.48 bits per heavy atom. The second-order valence-electron chi connectivity index (χ2n) is 5.91. The number of rotatable bonds is 5. The van der Waals surface area contributed by atoms with Crippen LogP contribution in [0.1, 0.15) is 0 Å². The van der Waals surface area contributed by atoms with Gasteiger partial charge in [-0.3, -0.25) is 19.9 Å². The Hall–Kier alpha value is -4.07. The number of allylic oxidation sites excluding steroid dienone is 7. The van der Waals surface area contributed by atoms with Crippen LogP contribution in [-0.4, -0.2) is 36.3 Å². The maximum absolute atomic E-state index is 12.0. The summed E-state index contributed by atoms with van der Waals surface area (Å²) in [5.41, 5.74) is 2.68. The minimum absolute atomic E-state index is 0.0203. The molecule has 0 spiro atoms. The van der Waals surface area contributed by atoms with Crippen molar-refractivity contribution < 1.29 is 19.2 Å². The highest BCUT2D eigenvalue weighted by atomic mass is 16.6. The molecule has 0 N–H and O–H groups in total. The van der Waals surface area contributed by atoms with Crippen LogP contribution in [0.2, 0.25) is 0 Å². The van der Waals surface area contributed by atoms with E-state index in [2.05, 4.69) is 9.98 Å². The van der Waals surface area contributed by atoms with Gasteiger partial charge in [0.25, 0.3) is 11.5 Å². The summed E-state index contributed by atoms with van der Waals surface area (Å²) in [4.78, 5) is 31.0. The van der Waals surface area contributed by atoms with Crippen LogP contribution < -0.4 is 0 Å². The number of carbonyl (C=O) groups is 1. The first-order valence-electron chi connectivity index (χ1n) is 8.53. The van der Waals surface area contributed by atoms with Gasteiger partial charge in [-0.05, 0) is 48.6 Å². The van der Waals surface area contributed by atoms with Crippen LogP contribution in [0.5, 0.6) is 0 Å². The van der Waals surface area contributed by atoms with Crippen LogP contribution in [-0.2, 0) is 14.3 Å². The third-order valence-electron chi connectivity index (χ3n) is 4.01. The zero-order valence-electron chi connectivity index (χ0n) is 15.7. The Bertz CT molecular complexity index is 1010. The van der Waals surface area contributed by atoms with E-state index in [0.29, 0.717) is 22.7 Å². The molecule has 0 bridgehead atoms. The number of nitro groups is 1. The molecular weight excluding hydrogens is 374 g/mol. The van der Waals surface area contributed by atoms with Gasteiger partial charge < -0.3 is 9.47 Å². The summed E-state index contributed by atoms with van der Waals surface area (Å²) in [7, 11) is 2.84. The maximum Gasteiger partial charge on any atom is 0.269 e. The number of methoxy groups -OCH3 is 2. The summed E-state index contributed by atoms with van der Waals surface area (Å²) in [5.74, 6) is 0.0513. The summed E-state index contributed by atoms with van der Waals surface area (Å²) >= 11 is 0. The van der Waals surface area contributed by atoms with Gasteiger partial charge in [-0.1, -0.05) is 0 Å². The number of benzene rings is 1.